The van der Waals surface area contributed by atoms with E-state index in [4.69, 9.17) is 5.11 Å². The minimum atomic E-state index is -0.988. The number of carboxylic acids is 1. The average Bonchev–Trinajstić information content (AvgIpc) is 3.06. The van der Waals surface area contributed by atoms with E-state index in [1.165, 1.54) is 23.1 Å². The third-order valence-electron chi connectivity index (χ3n) is 7.65. The zero-order chi connectivity index (χ0) is 25.0. The van der Waals surface area contributed by atoms with Gasteiger partial charge in [0.05, 0.1) is 11.8 Å². The van der Waals surface area contributed by atoms with Gasteiger partial charge >= 0.3 is 5.97 Å². The van der Waals surface area contributed by atoms with Crippen molar-refractivity contribution in [3.8, 4) is 5.75 Å². The van der Waals surface area contributed by atoms with E-state index < -0.39 is 29.6 Å². The molecular weight excluding hydrogens is 450 g/mol. The van der Waals surface area contributed by atoms with E-state index in [1.807, 2.05) is 6.08 Å². The lowest BCUT2D eigenvalue weighted by Gasteiger charge is -2.42. The lowest BCUT2D eigenvalue weighted by Crippen LogP contribution is -2.39. The highest BCUT2D eigenvalue weighted by Crippen LogP contribution is 2.55. The van der Waals surface area contributed by atoms with Crippen LogP contribution in [0.1, 0.15) is 44.1 Å². The number of Topliss-reactive ketones (excluding diaryl/α,β-unsaturated/α-hetero) is 1. The minimum Gasteiger partial charge on any atom is -0.508 e. The molecule has 4 aliphatic rings. The molecular formula is C27H25NO7. The Morgan fingerprint density at radius 1 is 1.06 bits per heavy atom. The maximum absolute atomic E-state index is 13.5. The van der Waals surface area contributed by atoms with Crippen molar-refractivity contribution >= 4 is 29.4 Å². The Morgan fingerprint density at radius 3 is 2.46 bits per heavy atom. The van der Waals surface area contributed by atoms with Crippen molar-refractivity contribution in [3.63, 3.8) is 0 Å². The fraction of sp³-hybridized carbons (Fsp3) is 0.370. The molecule has 0 spiro atoms. The number of benzene rings is 1. The van der Waals surface area contributed by atoms with Gasteiger partial charge in [-0.25, -0.2) is 0 Å². The number of hydrogen-bond donors (Lipinski definition) is 2. The van der Waals surface area contributed by atoms with Crippen LogP contribution >= 0.6 is 0 Å². The number of aromatic hydroxyl groups is 1. The van der Waals surface area contributed by atoms with E-state index >= 15 is 0 Å². The number of amides is 2. The number of nitrogens with zero attached hydrogens (tertiary/aromatic N) is 1. The summed E-state index contributed by atoms with van der Waals surface area (Å²) in [5.74, 6) is -4.20. The summed E-state index contributed by atoms with van der Waals surface area (Å²) in [6.07, 6.45) is 3.87. The van der Waals surface area contributed by atoms with Gasteiger partial charge in [0.2, 0.25) is 11.8 Å². The zero-order valence-corrected chi connectivity index (χ0v) is 19.2. The number of imide groups is 1. The molecule has 1 saturated heterocycles. The Balaban J connectivity index is 1.57. The number of ketones is 2. The van der Waals surface area contributed by atoms with E-state index in [1.54, 1.807) is 19.1 Å². The molecule has 5 rings (SSSR count). The molecule has 8 nitrogen and oxygen atoms in total. The van der Waals surface area contributed by atoms with Crippen LogP contribution in [-0.4, -0.2) is 51.0 Å². The molecule has 0 aromatic heterocycles. The molecule has 2 amide bonds. The normalized spacial score (nSPS) is 27.9. The number of aliphatic carboxylic acids is 1. The predicted molar refractivity (Wildman–Crippen MR) is 123 cm³/mol. The van der Waals surface area contributed by atoms with Gasteiger partial charge in [-0.2, -0.15) is 0 Å². The van der Waals surface area contributed by atoms with Crippen molar-refractivity contribution < 1.29 is 34.2 Å². The number of carbonyl (C=O) groups excluding carboxylic acids is 4. The van der Waals surface area contributed by atoms with E-state index in [9.17, 15) is 29.1 Å². The molecule has 2 N–H and O–H groups in total. The van der Waals surface area contributed by atoms with Crippen molar-refractivity contribution in [1.29, 1.82) is 0 Å². The maximum Gasteiger partial charge on any atom is 0.303 e. The number of likely N-dealkylation sites (tertiary alicyclic amines) is 1. The number of carbonyl (C=O) groups is 5. The molecule has 4 atom stereocenters. The fourth-order valence-electron chi connectivity index (χ4n) is 6.10. The van der Waals surface area contributed by atoms with Crippen molar-refractivity contribution in [2.45, 2.75) is 38.5 Å². The molecule has 0 radical (unpaired) electrons. The summed E-state index contributed by atoms with van der Waals surface area (Å²) >= 11 is 0. The SMILES string of the molecule is CC1=CC(=O)C2=C(CC3C(=CCC4C(=O)N(CCCC(=O)O)C(=O)C43)C2c2ccc(O)cc2)C1=O. The second-order valence-electron chi connectivity index (χ2n) is 9.65. The summed E-state index contributed by atoms with van der Waals surface area (Å²) in [5, 5.41) is 18.7. The lowest BCUT2D eigenvalue weighted by molar-refractivity contribution is -0.142. The van der Waals surface area contributed by atoms with Gasteiger partial charge in [0.15, 0.2) is 11.6 Å². The molecule has 1 aliphatic heterocycles. The molecule has 180 valence electrons. The number of carboxylic acid groups (broad SMARTS) is 1. The lowest BCUT2D eigenvalue weighted by atomic mass is 9.59. The van der Waals surface area contributed by atoms with Gasteiger partial charge in [0.25, 0.3) is 0 Å². The van der Waals surface area contributed by atoms with Crippen LogP contribution in [0.3, 0.4) is 0 Å². The molecule has 35 heavy (non-hydrogen) atoms. The number of phenolic OH excluding ortho intramolecular Hbond substituents is 1. The van der Waals surface area contributed by atoms with Crippen LogP contribution in [-0.2, 0) is 24.0 Å². The van der Waals surface area contributed by atoms with Gasteiger partial charge in [0, 0.05) is 35.6 Å². The molecule has 0 saturated carbocycles. The highest BCUT2D eigenvalue weighted by molar-refractivity contribution is 6.23. The van der Waals surface area contributed by atoms with Gasteiger partial charge in [-0.15, -0.1) is 0 Å². The summed E-state index contributed by atoms with van der Waals surface area (Å²) in [4.78, 5) is 64.9. The Bertz CT molecular complexity index is 1270. The first-order valence-corrected chi connectivity index (χ1v) is 11.7. The summed E-state index contributed by atoms with van der Waals surface area (Å²) in [6, 6.07) is 6.47. The Labute approximate surface area is 201 Å². The Kier molecular flexibility index (Phi) is 5.54. The summed E-state index contributed by atoms with van der Waals surface area (Å²) < 4.78 is 0. The fourth-order valence-corrected chi connectivity index (χ4v) is 6.10. The standard InChI is InChI=1S/C27H25NO7/c1-13-11-20(30)24-19(25(13)33)12-18-16(22(24)14-4-6-15(29)7-5-14)8-9-17-23(18)27(35)28(26(17)34)10-2-3-21(31)32/h4-8,11,17-18,22-23,29H,2-3,9-10,12H2,1H3,(H,31,32). The molecule has 1 fully saturated rings. The molecule has 3 aliphatic carbocycles. The second kappa shape index (κ2) is 8.45. The van der Waals surface area contributed by atoms with Crippen LogP contribution in [0, 0.1) is 17.8 Å². The monoisotopic (exact) mass is 475 g/mol. The predicted octanol–water partition coefficient (Wildman–Crippen LogP) is 2.69. The summed E-state index contributed by atoms with van der Waals surface area (Å²) in [6.45, 7) is 1.65. The largest absolute Gasteiger partial charge is 0.508 e. The quantitative estimate of drug-likeness (QED) is 0.381. The molecule has 8 heteroatoms. The van der Waals surface area contributed by atoms with E-state index in [2.05, 4.69) is 0 Å². The van der Waals surface area contributed by atoms with Crippen LogP contribution in [0.25, 0.3) is 0 Å². The van der Waals surface area contributed by atoms with E-state index in [-0.39, 0.29) is 54.9 Å². The van der Waals surface area contributed by atoms with Crippen molar-refractivity contribution in [3.05, 3.63) is 64.3 Å². The molecule has 0 bridgehead atoms. The second-order valence-corrected chi connectivity index (χ2v) is 9.65. The van der Waals surface area contributed by atoms with Gasteiger partial charge < -0.3 is 10.2 Å². The topological polar surface area (TPSA) is 129 Å². The first-order valence-electron chi connectivity index (χ1n) is 11.7. The number of allylic oxidation sites excluding steroid dienone is 6. The minimum absolute atomic E-state index is 0.0492. The number of rotatable bonds is 5. The number of fused-ring (bicyclic) bond motifs is 3. The number of hydrogen-bond acceptors (Lipinski definition) is 6. The Morgan fingerprint density at radius 2 is 1.77 bits per heavy atom. The third kappa shape index (κ3) is 3.64. The van der Waals surface area contributed by atoms with E-state index in [0.717, 1.165) is 11.1 Å². The maximum atomic E-state index is 13.5. The van der Waals surface area contributed by atoms with Gasteiger partial charge in [-0.3, -0.25) is 28.9 Å². The van der Waals surface area contributed by atoms with Crippen LogP contribution in [0.4, 0.5) is 0 Å². The van der Waals surface area contributed by atoms with Crippen LogP contribution in [0.5, 0.6) is 5.75 Å². The van der Waals surface area contributed by atoms with Crippen LogP contribution < -0.4 is 0 Å². The zero-order valence-electron chi connectivity index (χ0n) is 19.2. The average molecular weight is 475 g/mol. The van der Waals surface area contributed by atoms with Crippen molar-refractivity contribution in [2.24, 2.45) is 17.8 Å². The summed E-state index contributed by atoms with van der Waals surface area (Å²) in [5.41, 5.74) is 2.72. The molecule has 4 unspecified atom stereocenters. The van der Waals surface area contributed by atoms with Crippen LogP contribution in [0.15, 0.2) is 58.7 Å². The third-order valence-corrected chi connectivity index (χ3v) is 7.65. The van der Waals surface area contributed by atoms with Crippen molar-refractivity contribution in [1.82, 2.24) is 4.90 Å². The number of phenols is 1. The highest BCUT2D eigenvalue weighted by Gasteiger charge is 2.56. The smallest absolute Gasteiger partial charge is 0.303 e. The Hall–Kier alpha value is -3.81. The highest BCUT2D eigenvalue weighted by atomic mass is 16.4. The first-order chi connectivity index (χ1) is 16.7. The molecule has 1 heterocycles. The van der Waals surface area contributed by atoms with Gasteiger partial charge in [0.1, 0.15) is 5.75 Å². The first kappa shape index (κ1) is 23.0. The van der Waals surface area contributed by atoms with E-state index in [0.29, 0.717) is 23.1 Å². The summed E-state index contributed by atoms with van der Waals surface area (Å²) in [7, 11) is 0. The van der Waals surface area contributed by atoms with Crippen molar-refractivity contribution in [2.75, 3.05) is 6.54 Å². The van der Waals surface area contributed by atoms with Gasteiger partial charge in [-0.1, -0.05) is 23.8 Å². The van der Waals surface area contributed by atoms with Crippen LogP contribution in [0.2, 0.25) is 0 Å². The van der Waals surface area contributed by atoms with Gasteiger partial charge in [-0.05, 0) is 55.9 Å². The molecule has 1 aromatic carbocycles. The molecule has 1 aromatic rings.